The van der Waals surface area contributed by atoms with Crippen LogP contribution in [0.2, 0.25) is 0 Å². The fraction of sp³-hybridized carbons (Fsp3) is 0.474. The zero-order valence-corrected chi connectivity index (χ0v) is 15.2. The Balaban J connectivity index is 1.59. The number of carbonyl (C=O) groups excluding carboxylic acids is 2. The zero-order chi connectivity index (χ0) is 18.0. The van der Waals surface area contributed by atoms with E-state index in [0.717, 1.165) is 41.5 Å². The van der Waals surface area contributed by atoms with Gasteiger partial charge in [0.25, 0.3) is 5.91 Å². The van der Waals surface area contributed by atoms with E-state index >= 15 is 0 Å². The second-order valence-corrected chi connectivity index (χ2v) is 6.81. The van der Waals surface area contributed by atoms with E-state index in [1.165, 1.54) is 5.56 Å². The lowest BCUT2D eigenvalue weighted by Gasteiger charge is -2.26. The maximum Gasteiger partial charge on any atom is 0.268 e. The number of fused-ring (bicyclic) bond motifs is 1. The average molecular weight is 342 g/mol. The number of nitrogens with one attached hydrogen (secondary N) is 3. The molecule has 1 aliphatic rings. The molecule has 1 aromatic carbocycles. The first-order valence-electron chi connectivity index (χ1n) is 8.83. The van der Waals surface area contributed by atoms with Crippen molar-refractivity contribution in [2.45, 2.75) is 27.2 Å². The van der Waals surface area contributed by atoms with E-state index in [1.807, 2.05) is 13.8 Å². The molecular formula is C19H26N4O2. The Hall–Kier alpha value is -2.34. The van der Waals surface area contributed by atoms with Crippen LogP contribution < -0.4 is 10.6 Å². The molecule has 1 fully saturated rings. The number of aromatic amines is 1. The van der Waals surface area contributed by atoms with E-state index in [4.69, 9.17) is 0 Å². The van der Waals surface area contributed by atoms with Crippen molar-refractivity contribution in [3.63, 3.8) is 0 Å². The van der Waals surface area contributed by atoms with Crippen molar-refractivity contribution >= 4 is 22.7 Å². The van der Waals surface area contributed by atoms with Gasteiger partial charge in [-0.1, -0.05) is 12.1 Å². The number of aromatic nitrogens is 1. The van der Waals surface area contributed by atoms with Gasteiger partial charge >= 0.3 is 0 Å². The minimum atomic E-state index is -0.0658. The predicted molar refractivity (Wildman–Crippen MR) is 98.9 cm³/mol. The molecule has 1 saturated heterocycles. The molecule has 0 atom stereocenters. The van der Waals surface area contributed by atoms with Gasteiger partial charge in [0.2, 0.25) is 5.91 Å². The van der Waals surface area contributed by atoms with E-state index in [0.29, 0.717) is 25.3 Å². The van der Waals surface area contributed by atoms with Crippen LogP contribution >= 0.6 is 0 Å². The van der Waals surface area contributed by atoms with Gasteiger partial charge in [-0.2, -0.15) is 0 Å². The molecule has 6 heteroatoms. The fourth-order valence-corrected chi connectivity index (χ4v) is 3.50. The van der Waals surface area contributed by atoms with Crippen LogP contribution in [0.1, 0.15) is 33.6 Å². The fourth-order valence-electron chi connectivity index (χ4n) is 3.50. The van der Waals surface area contributed by atoms with Crippen molar-refractivity contribution < 1.29 is 9.59 Å². The number of hydrogen-bond donors (Lipinski definition) is 3. The number of benzene rings is 1. The number of nitrogens with zero attached hydrogens (tertiary/aromatic N) is 1. The number of amides is 2. The first kappa shape index (κ1) is 17.5. The average Bonchev–Trinajstić information content (AvgIpc) is 2.94. The monoisotopic (exact) mass is 342 g/mol. The summed E-state index contributed by atoms with van der Waals surface area (Å²) in [6.07, 6.45) is 0.830. The van der Waals surface area contributed by atoms with Crippen LogP contribution in [0.3, 0.4) is 0 Å². The van der Waals surface area contributed by atoms with Crippen LogP contribution in [-0.2, 0) is 4.79 Å². The van der Waals surface area contributed by atoms with Crippen LogP contribution in [0, 0.1) is 20.8 Å². The minimum absolute atomic E-state index is 0.0658. The van der Waals surface area contributed by atoms with Crippen LogP contribution in [0.4, 0.5) is 0 Å². The topological polar surface area (TPSA) is 77.2 Å². The number of carbonyl (C=O) groups is 2. The van der Waals surface area contributed by atoms with Gasteiger partial charge in [-0.25, -0.2) is 0 Å². The Kier molecular flexibility index (Phi) is 5.08. The van der Waals surface area contributed by atoms with E-state index in [1.54, 1.807) is 0 Å². The van der Waals surface area contributed by atoms with Crippen molar-refractivity contribution in [1.29, 1.82) is 0 Å². The lowest BCUT2D eigenvalue weighted by Crippen LogP contribution is -2.48. The molecule has 0 spiro atoms. The maximum atomic E-state index is 12.5. The summed E-state index contributed by atoms with van der Waals surface area (Å²) in [5, 5.41) is 6.95. The van der Waals surface area contributed by atoms with Gasteiger partial charge in [0, 0.05) is 37.1 Å². The van der Waals surface area contributed by atoms with Gasteiger partial charge < -0.3 is 15.6 Å². The van der Waals surface area contributed by atoms with Crippen molar-refractivity contribution in [3.05, 3.63) is 34.5 Å². The summed E-state index contributed by atoms with van der Waals surface area (Å²) >= 11 is 0. The predicted octanol–water partition coefficient (Wildman–Crippen LogP) is 1.64. The second-order valence-electron chi connectivity index (χ2n) is 6.81. The quantitative estimate of drug-likeness (QED) is 0.723. The number of aryl methyl sites for hydroxylation is 3. The molecule has 3 N–H and O–H groups in total. The van der Waals surface area contributed by atoms with Crippen LogP contribution in [0.15, 0.2) is 12.1 Å². The first-order chi connectivity index (χ1) is 12.0. The van der Waals surface area contributed by atoms with E-state index in [9.17, 15) is 9.59 Å². The molecule has 1 aliphatic heterocycles. The van der Waals surface area contributed by atoms with Gasteiger partial charge in [0.15, 0.2) is 0 Å². The van der Waals surface area contributed by atoms with Crippen molar-refractivity contribution in [3.8, 4) is 0 Å². The molecule has 1 aromatic heterocycles. The molecule has 0 bridgehead atoms. The smallest absolute Gasteiger partial charge is 0.268 e. The summed E-state index contributed by atoms with van der Waals surface area (Å²) in [5.74, 6) is 0.0126. The molecule has 6 nitrogen and oxygen atoms in total. The molecule has 25 heavy (non-hydrogen) atoms. The van der Waals surface area contributed by atoms with Gasteiger partial charge in [-0.15, -0.1) is 0 Å². The SMILES string of the molecule is Cc1ccc(C)c2c(C)c(C(=O)NCCCN3CCNC(=O)C3)[nH]c12. The number of piperazine rings is 1. The molecule has 0 unspecified atom stereocenters. The molecule has 0 radical (unpaired) electrons. The summed E-state index contributed by atoms with van der Waals surface area (Å²) in [4.78, 5) is 29.3. The number of hydrogen-bond acceptors (Lipinski definition) is 3. The third kappa shape index (κ3) is 3.69. The molecule has 0 aliphatic carbocycles. The Morgan fingerprint density at radius 1 is 1.24 bits per heavy atom. The lowest BCUT2D eigenvalue weighted by atomic mass is 10.0. The van der Waals surface area contributed by atoms with E-state index < -0.39 is 0 Å². The molecule has 0 saturated carbocycles. The summed E-state index contributed by atoms with van der Waals surface area (Å²) in [5.41, 5.74) is 5.01. The summed E-state index contributed by atoms with van der Waals surface area (Å²) in [7, 11) is 0. The van der Waals surface area contributed by atoms with Gasteiger partial charge in [-0.3, -0.25) is 14.5 Å². The Labute approximate surface area is 148 Å². The van der Waals surface area contributed by atoms with Crippen molar-refractivity contribution in [1.82, 2.24) is 20.5 Å². The highest BCUT2D eigenvalue weighted by Crippen LogP contribution is 2.27. The largest absolute Gasteiger partial charge is 0.354 e. The minimum Gasteiger partial charge on any atom is -0.354 e. The molecule has 2 heterocycles. The van der Waals surface area contributed by atoms with Crippen LogP contribution in [0.5, 0.6) is 0 Å². The number of H-pyrrole nitrogens is 1. The first-order valence-corrected chi connectivity index (χ1v) is 8.83. The summed E-state index contributed by atoms with van der Waals surface area (Å²) < 4.78 is 0. The summed E-state index contributed by atoms with van der Waals surface area (Å²) in [6.45, 7) is 9.56. The van der Waals surface area contributed by atoms with Crippen LogP contribution in [-0.4, -0.2) is 54.4 Å². The highest BCUT2D eigenvalue weighted by Gasteiger charge is 2.18. The van der Waals surface area contributed by atoms with Crippen molar-refractivity contribution in [2.24, 2.45) is 0 Å². The normalized spacial score (nSPS) is 15.4. The Bertz CT molecular complexity index is 809. The lowest BCUT2D eigenvalue weighted by molar-refractivity contribution is -0.124. The highest BCUT2D eigenvalue weighted by molar-refractivity contribution is 6.02. The zero-order valence-electron chi connectivity index (χ0n) is 15.2. The molecule has 2 amide bonds. The van der Waals surface area contributed by atoms with Gasteiger partial charge in [-0.05, 0) is 43.9 Å². The molecule has 3 rings (SSSR count). The second kappa shape index (κ2) is 7.27. The van der Waals surface area contributed by atoms with E-state index in [-0.39, 0.29) is 11.8 Å². The van der Waals surface area contributed by atoms with Gasteiger partial charge in [0.1, 0.15) is 5.69 Å². The standard InChI is InChI=1S/C19H26N4O2/c1-12-5-6-13(2)17-16(12)14(3)18(22-17)19(25)21-7-4-9-23-10-8-20-15(24)11-23/h5-6,22H,4,7-11H2,1-3H3,(H,20,24)(H,21,25). The Morgan fingerprint density at radius 3 is 2.72 bits per heavy atom. The van der Waals surface area contributed by atoms with Gasteiger partial charge in [0.05, 0.1) is 6.54 Å². The Morgan fingerprint density at radius 2 is 2.00 bits per heavy atom. The molecular weight excluding hydrogens is 316 g/mol. The molecule has 2 aromatic rings. The van der Waals surface area contributed by atoms with E-state index in [2.05, 4.69) is 39.6 Å². The third-order valence-electron chi connectivity index (χ3n) is 4.90. The molecule has 134 valence electrons. The third-order valence-corrected chi connectivity index (χ3v) is 4.90. The summed E-state index contributed by atoms with van der Waals surface area (Å²) in [6, 6.07) is 4.17. The maximum absolute atomic E-state index is 12.5. The van der Waals surface area contributed by atoms with Crippen molar-refractivity contribution in [2.75, 3.05) is 32.7 Å². The number of rotatable bonds is 5. The van der Waals surface area contributed by atoms with Crippen LogP contribution in [0.25, 0.3) is 10.9 Å². The highest BCUT2D eigenvalue weighted by atomic mass is 16.2.